The van der Waals surface area contributed by atoms with Gasteiger partial charge in [0.15, 0.2) is 0 Å². The van der Waals surface area contributed by atoms with Crippen LogP contribution in [0.5, 0.6) is 11.5 Å². The van der Waals surface area contributed by atoms with Crippen LogP contribution < -0.4 is 4.74 Å². The Balaban J connectivity index is 2.03. The third kappa shape index (κ3) is 5.13. The number of hydrogen-bond acceptors (Lipinski definition) is 2. The molecule has 0 aliphatic rings. The monoisotopic (exact) mass is 300 g/mol. The first-order chi connectivity index (χ1) is 9.83. The van der Waals surface area contributed by atoms with E-state index in [9.17, 15) is 0 Å². The first-order valence-electron chi connectivity index (χ1n) is 7.40. The van der Waals surface area contributed by atoms with E-state index in [-0.39, 0.29) is 4.75 Å². The van der Waals surface area contributed by atoms with E-state index in [1.54, 1.807) is 0 Å². The molecule has 2 rings (SSSR count). The van der Waals surface area contributed by atoms with Crippen LogP contribution in [0.2, 0.25) is 0 Å². The maximum atomic E-state index is 5.89. The van der Waals surface area contributed by atoms with Crippen LogP contribution in [0.3, 0.4) is 0 Å². The van der Waals surface area contributed by atoms with Crippen molar-refractivity contribution in [3.63, 3.8) is 0 Å². The lowest BCUT2D eigenvalue weighted by Crippen LogP contribution is -2.06. The summed E-state index contributed by atoms with van der Waals surface area (Å²) in [5.41, 5.74) is 1.33. The first kappa shape index (κ1) is 16.0. The molecule has 0 aliphatic carbocycles. The minimum Gasteiger partial charge on any atom is -0.457 e. The number of benzene rings is 2. The van der Waals surface area contributed by atoms with Gasteiger partial charge in [-0.2, -0.15) is 0 Å². The Morgan fingerprint density at radius 1 is 0.810 bits per heavy atom. The molecule has 0 unspecified atom stereocenters. The van der Waals surface area contributed by atoms with Gasteiger partial charge in [-0.3, -0.25) is 0 Å². The van der Waals surface area contributed by atoms with Crippen molar-refractivity contribution in [3.05, 3.63) is 54.1 Å². The van der Waals surface area contributed by atoms with E-state index in [0.29, 0.717) is 5.92 Å². The third-order valence-electron chi connectivity index (χ3n) is 3.03. The predicted molar refractivity (Wildman–Crippen MR) is 92.7 cm³/mol. The van der Waals surface area contributed by atoms with Crippen molar-refractivity contribution in [3.8, 4) is 11.5 Å². The Morgan fingerprint density at radius 3 is 1.71 bits per heavy atom. The molecule has 0 N–H and O–H groups in total. The van der Waals surface area contributed by atoms with Gasteiger partial charge in [-0.1, -0.05) is 46.8 Å². The summed E-state index contributed by atoms with van der Waals surface area (Å²) in [5, 5.41) is 0. The fraction of sp³-hybridized carbons (Fsp3) is 0.368. The second-order valence-corrected chi connectivity index (χ2v) is 8.41. The highest BCUT2D eigenvalue weighted by Crippen LogP contribution is 2.33. The van der Waals surface area contributed by atoms with Gasteiger partial charge in [0, 0.05) is 9.64 Å². The number of thioether (sulfide) groups is 1. The van der Waals surface area contributed by atoms with Gasteiger partial charge in [0.25, 0.3) is 0 Å². The lowest BCUT2D eigenvalue weighted by molar-refractivity contribution is 0.482. The van der Waals surface area contributed by atoms with E-state index in [4.69, 9.17) is 4.74 Å². The minimum absolute atomic E-state index is 0.231. The molecule has 0 fully saturated rings. The summed E-state index contributed by atoms with van der Waals surface area (Å²) in [6, 6.07) is 16.6. The second-order valence-electron chi connectivity index (χ2n) is 6.51. The highest BCUT2D eigenvalue weighted by atomic mass is 32.2. The Hall–Kier alpha value is -1.41. The van der Waals surface area contributed by atoms with Crippen LogP contribution in [0.25, 0.3) is 0 Å². The highest BCUT2D eigenvalue weighted by Gasteiger charge is 2.11. The molecular weight excluding hydrogens is 276 g/mol. The quantitative estimate of drug-likeness (QED) is 0.596. The van der Waals surface area contributed by atoms with Gasteiger partial charge in [-0.25, -0.2) is 0 Å². The van der Waals surface area contributed by atoms with E-state index >= 15 is 0 Å². The lowest BCUT2D eigenvalue weighted by atomic mass is 10.0. The molecule has 0 aromatic heterocycles. The third-order valence-corrected chi connectivity index (χ3v) is 4.15. The van der Waals surface area contributed by atoms with Gasteiger partial charge in [0.2, 0.25) is 0 Å². The van der Waals surface area contributed by atoms with Crippen molar-refractivity contribution in [2.75, 3.05) is 0 Å². The normalized spacial score (nSPS) is 11.7. The van der Waals surface area contributed by atoms with Crippen LogP contribution in [0.4, 0.5) is 0 Å². The largest absolute Gasteiger partial charge is 0.457 e. The standard InChI is InChI=1S/C19H24OS/c1-14(2)15-6-8-16(9-7-15)20-17-10-12-18(13-11-17)21-19(3,4)5/h6-14H,1-5H3. The van der Waals surface area contributed by atoms with Crippen molar-refractivity contribution in [2.45, 2.75) is 50.2 Å². The average molecular weight is 300 g/mol. The van der Waals surface area contributed by atoms with Gasteiger partial charge in [-0.05, 0) is 47.9 Å². The van der Waals surface area contributed by atoms with Gasteiger partial charge in [0.1, 0.15) is 11.5 Å². The molecule has 0 radical (unpaired) electrons. The summed E-state index contributed by atoms with van der Waals surface area (Å²) in [5.74, 6) is 2.31. The van der Waals surface area contributed by atoms with Crippen molar-refractivity contribution in [1.82, 2.24) is 0 Å². The summed E-state index contributed by atoms with van der Waals surface area (Å²) in [7, 11) is 0. The van der Waals surface area contributed by atoms with Crippen LogP contribution in [0, 0.1) is 0 Å². The molecule has 112 valence electrons. The molecule has 0 aliphatic heterocycles. The molecule has 21 heavy (non-hydrogen) atoms. The smallest absolute Gasteiger partial charge is 0.127 e. The van der Waals surface area contributed by atoms with Crippen molar-refractivity contribution in [1.29, 1.82) is 0 Å². The molecule has 2 aromatic rings. The summed E-state index contributed by atoms with van der Waals surface area (Å²) in [6.07, 6.45) is 0. The van der Waals surface area contributed by atoms with E-state index < -0.39 is 0 Å². The Morgan fingerprint density at radius 2 is 1.29 bits per heavy atom. The van der Waals surface area contributed by atoms with Crippen LogP contribution >= 0.6 is 11.8 Å². The Bertz CT molecular complexity index is 562. The van der Waals surface area contributed by atoms with E-state index in [1.807, 2.05) is 36.0 Å². The molecule has 2 heteroatoms. The number of ether oxygens (including phenoxy) is 1. The van der Waals surface area contributed by atoms with Gasteiger partial charge in [-0.15, -0.1) is 11.8 Å². The summed E-state index contributed by atoms with van der Waals surface area (Å²) in [6.45, 7) is 11.1. The molecule has 0 spiro atoms. The lowest BCUT2D eigenvalue weighted by Gasteiger charge is -2.17. The maximum Gasteiger partial charge on any atom is 0.127 e. The van der Waals surface area contributed by atoms with E-state index in [1.165, 1.54) is 10.5 Å². The predicted octanol–water partition coefficient (Wildman–Crippen LogP) is 6.49. The zero-order valence-electron chi connectivity index (χ0n) is 13.5. The van der Waals surface area contributed by atoms with Crippen molar-refractivity contribution in [2.24, 2.45) is 0 Å². The van der Waals surface area contributed by atoms with Crippen molar-refractivity contribution >= 4 is 11.8 Å². The molecule has 2 aromatic carbocycles. The van der Waals surface area contributed by atoms with Gasteiger partial charge in [0.05, 0.1) is 0 Å². The molecular formula is C19H24OS. The Kier molecular flexibility index (Phi) is 5.00. The van der Waals surface area contributed by atoms with Crippen LogP contribution in [-0.4, -0.2) is 4.75 Å². The molecule has 0 heterocycles. The van der Waals surface area contributed by atoms with Gasteiger partial charge < -0.3 is 4.74 Å². The molecule has 0 amide bonds. The number of hydrogen-bond donors (Lipinski definition) is 0. The van der Waals surface area contributed by atoms with Crippen LogP contribution in [0.1, 0.15) is 46.1 Å². The molecule has 0 atom stereocenters. The summed E-state index contributed by atoms with van der Waals surface area (Å²) in [4.78, 5) is 1.27. The fourth-order valence-electron chi connectivity index (χ4n) is 1.99. The topological polar surface area (TPSA) is 9.23 Å². The molecule has 0 saturated carbocycles. The Labute approximate surface area is 132 Å². The zero-order valence-corrected chi connectivity index (χ0v) is 14.3. The molecule has 1 nitrogen and oxygen atoms in total. The minimum atomic E-state index is 0.231. The average Bonchev–Trinajstić information content (AvgIpc) is 2.40. The highest BCUT2D eigenvalue weighted by molar-refractivity contribution is 8.00. The van der Waals surface area contributed by atoms with E-state index in [0.717, 1.165) is 11.5 Å². The summed E-state index contributed by atoms with van der Waals surface area (Å²) < 4.78 is 6.12. The van der Waals surface area contributed by atoms with Crippen molar-refractivity contribution < 1.29 is 4.74 Å². The molecule has 0 saturated heterocycles. The van der Waals surface area contributed by atoms with Crippen LogP contribution in [-0.2, 0) is 0 Å². The SMILES string of the molecule is CC(C)c1ccc(Oc2ccc(SC(C)(C)C)cc2)cc1. The second kappa shape index (κ2) is 6.57. The summed E-state index contributed by atoms with van der Waals surface area (Å²) >= 11 is 1.87. The zero-order chi connectivity index (χ0) is 15.5. The van der Waals surface area contributed by atoms with Crippen LogP contribution in [0.15, 0.2) is 53.4 Å². The first-order valence-corrected chi connectivity index (χ1v) is 8.22. The number of rotatable bonds is 4. The fourth-order valence-corrected chi connectivity index (χ4v) is 2.97. The van der Waals surface area contributed by atoms with E-state index in [2.05, 4.69) is 58.9 Å². The maximum absolute atomic E-state index is 5.89. The molecule has 0 bridgehead atoms. The van der Waals surface area contributed by atoms with Gasteiger partial charge >= 0.3 is 0 Å².